The van der Waals surface area contributed by atoms with Gasteiger partial charge in [0.15, 0.2) is 0 Å². The molecule has 3 nitrogen and oxygen atoms in total. The molecule has 3 rings (SSSR count). The summed E-state index contributed by atoms with van der Waals surface area (Å²) in [5.41, 5.74) is 6.81. The Balaban J connectivity index is 1.57. The fourth-order valence-electron chi connectivity index (χ4n) is 3.66. The molecule has 0 bridgehead atoms. The molecule has 0 amide bonds. The summed E-state index contributed by atoms with van der Waals surface area (Å²) in [5, 5.41) is 0. The Labute approximate surface area is 162 Å². The van der Waals surface area contributed by atoms with Crippen LogP contribution in [0, 0.1) is 6.92 Å². The van der Waals surface area contributed by atoms with E-state index in [-0.39, 0.29) is 5.97 Å². The van der Waals surface area contributed by atoms with E-state index in [4.69, 9.17) is 4.74 Å². The second-order valence-corrected chi connectivity index (χ2v) is 7.11. The van der Waals surface area contributed by atoms with Gasteiger partial charge in [0, 0.05) is 6.42 Å². The Bertz CT molecular complexity index is 803. The standard InChI is InChI=1S/C24H28O3/c1-18-7-3-4-10-22(18)23-11-6-9-20(23)17-27-21-15-13-19(14-16-21)8-5-12-24(25)26-2/h3-4,7,10,13-16H,5-6,8-9,11-12,17H2,1-2H3. The minimum atomic E-state index is -0.149. The number of allylic oxidation sites excluding steroid dienone is 1. The van der Waals surface area contributed by atoms with Crippen LogP contribution in [0.15, 0.2) is 54.1 Å². The first kappa shape index (κ1) is 19.2. The highest BCUT2D eigenvalue weighted by Gasteiger charge is 2.17. The summed E-state index contributed by atoms with van der Waals surface area (Å²) in [4.78, 5) is 11.2. The van der Waals surface area contributed by atoms with E-state index >= 15 is 0 Å². The summed E-state index contributed by atoms with van der Waals surface area (Å²) in [5.74, 6) is 0.750. The maximum Gasteiger partial charge on any atom is 0.305 e. The monoisotopic (exact) mass is 364 g/mol. The van der Waals surface area contributed by atoms with E-state index in [0.717, 1.165) is 31.4 Å². The second-order valence-electron chi connectivity index (χ2n) is 7.11. The predicted molar refractivity (Wildman–Crippen MR) is 109 cm³/mol. The second kappa shape index (κ2) is 9.40. The van der Waals surface area contributed by atoms with Gasteiger partial charge >= 0.3 is 5.97 Å². The van der Waals surface area contributed by atoms with Crippen molar-refractivity contribution in [2.45, 2.75) is 45.4 Å². The fraction of sp³-hybridized carbons (Fsp3) is 0.375. The lowest BCUT2D eigenvalue weighted by Crippen LogP contribution is -2.02. The van der Waals surface area contributed by atoms with Gasteiger partial charge in [-0.05, 0) is 79.0 Å². The molecule has 2 aromatic carbocycles. The minimum absolute atomic E-state index is 0.149. The summed E-state index contributed by atoms with van der Waals surface area (Å²) in [6, 6.07) is 16.8. The highest BCUT2D eigenvalue weighted by molar-refractivity contribution is 5.73. The maximum absolute atomic E-state index is 11.2. The van der Waals surface area contributed by atoms with E-state index in [1.165, 1.54) is 41.4 Å². The Morgan fingerprint density at radius 1 is 1.04 bits per heavy atom. The molecule has 0 radical (unpaired) electrons. The lowest BCUT2D eigenvalue weighted by Gasteiger charge is -2.12. The summed E-state index contributed by atoms with van der Waals surface area (Å²) in [6.07, 6.45) is 5.61. The molecule has 0 atom stereocenters. The summed E-state index contributed by atoms with van der Waals surface area (Å²) in [7, 11) is 1.43. The largest absolute Gasteiger partial charge is 0.489 e. The number of hydrogen-bond donors (Lipinski definition) is 0. The zero-order valence-corrected chi connectivity index (χ0v) is 16.3. The van der Waals surface area contributed by atoms with Gasteiger partial charge in [-0.1, -0.05) is 36.4 Å². The van der Waals surface area contributed by atoms with Crippen molar-refractivity contribution in [2.75, 3.05) is 13.7 Å². The highest BCUT2D eigenvalue weighted by Crippen LogP contribution is 2.35. The zero-order chi connectivity index (χ0) is 19.1. The molecule has 0 aromatic heterocycles. The van der Waals surface area contributed by atoms with Gasteiger partial charge in [-0.3, -0.25) is 4.79 Å². The molecule has 142 valence electrons. The van der Waals surface area contributed by atoms with Crippen molar-refractivity contribution in [3.63, 3.8) is 0 Å². The Hall–Kier alpha value is -2.55. The van der Waals surface area contributed by atoms with Crippen molar-refractivity contribution < 1.29 is 14.3 Å². The Morgan fingerprint density at radius 3 is 2.56 bits per heavy atom. The minimum Gasteiger partial charge on any atom is -0.489 e. The smallest absolute Gasteiger partial charge is 0.305 e. The molecule has 2 aromatic rings. The maximum atomic E-state index is 11.2. The number of esters is 1. The molecule has 0 saturated carbocycles. The molecular formula is C24H28O3. The van der Waals surface area contributed by atoms with Crippen molar-refractivity contribution in [1.82, 2.24) is 0 Å². The van der Waals surface area contributed by atoms with Gasteiger partial charge in [0.1, 0.15) is 12.4 Å². The molecule has 0 N–H and O–H groups in total. The van der Waals surface area contributed by atoms with Crippen LogP contribution in [0.2, 0.25) is 0 Å². The van der Waals surface area contributed by atoms with Gasteiger partial charge in [-0.25, -0.2) is 0 Å². The predicted octanol–water partition coefficient (Wildman–Crippen LogP) is 5.51. The summed E-state index contributed by atoms with van der Waals surface area (Å²) in [6.45, 7) is 2.84. The third-order valence-electron chi connectivity index (χ3n) is 5.21. The SMILES string of the molecule is COC(=O)CCCc1ccc(OCC2=C(c3ccccc3C)CCC2)cc1. The van der Waals surface area contributed by atoms with Crippen LogP contribution < -0.4 is 4.74 Å². The molecule has 27 heavy (non-hydrogen) atoms. The third-order valence-corrected chi connectivity index (χ3v) is 5.21. The Kier molecular flexibility index (Phi) is 6.69. The van der Waals surface area contributed by atoms with Crippen LogP contribution in [0.5, 0.6) is 5.75 Å². The van der Waals surface area contributed by atoms with Gasteiger partial charge < -0.3 is 9.47 Å². The molecule has 0 saturated heterocycles. The number of carbonyl (C=O) groups excluding carboxylic acids is 1. The van der Waals surface area contributed by atoms with Crippen molar-refractivity contribution in [2.24, 2.45) is 0 Å². The summed E-state index contributed by atoms with van der Waals surface area (Å²) >= 11 is 0. The van der Waals surface area contributed by atoms with E-state index in [0.29, 0.717) is 13.0 Å². The number of benzene rings is 2. The van der Waals surface area contributed by atoms with Crippen LogP contribution in [0.1, 0.15) is 48.8 Å². The third kappa shape index (κ3) is 5.22. The van der Waals surface area contributed by atoms with Gasteiger partial charge in [0.05, 0.1) is 7.11 Å². The topological polar surface area (TPSA) is 35.5 Å². The summed E-state index contributed by atoms with van der Waals surface area (Å²) < 4.78 is 10.7. The first-order valence-electron chi connectivity index (χ1n) is 9.73. The highest BCUT2D eigenvalue weighted by atomic mass is 16.5. The molecule has 3 heteroatoms. The molecular weight excluding hydrogens is 336 g/mol. The number of hydrogen-bond acceptors (Lipinski definition) is 3. The van der Waals surface area contributed by atoms with Crippen molar-refractivity contribution in [1.29, 1.82) is 0 Å². The molecule has 0 fully saturated rings. The first-order valence-corrected chi connectivity index (χ1v) is 9.73. The molecule has 0 heterocycles. The average molecular weight is 364 g/mol. The Morgan fingerprint density at radius 2 is 1.81 bits per heavy atom. The fourth-order valence-corrected chi connectivity index (χ4v) is 3.66. The zero-order valence-electron chi connectivity index (χ0n) is 16.3. The van der Waals surface area contributed by atoms with Crippen LogP contribution in [-0.2, 0) is 16.0 Å². The quantitative estimate of drug-likeness (QED) is 0.580. The van der Waals surface area contributed by atoms with Crippen molar-refractivity contribution in [3.05, 3.63) is 70.8 Å². The van der Waals surface area contributed by atoms with Crippen molar-refractivity contribution >= 4 is 11.5 Å². The van der Waals surface area contributed by atoms with Gasteiger partial charge in [-0.15, -0.1) is 0 Å². The van der Waals surface area contributed by atoms with Gasteiger partial charge in [0.2, 0.25) is 0 Å². The van der Waals surface area contributed by atoms with Crippen LogP contribution in [0.25, 0.3) is 5.57 Å². The molecule has 1 aliphatic rings. The van der Waals surface area contributed by atoms with E-state index < -0.39 is 0 Å². The van der Waals surface area contributed by atoms with Gasteiger partial charge in [-0.2, -0.15) is 0 Å². The van der Waals surface area contributed by atoms with E-state index in [1.54, 1.807) is 0 Å². The average Bonchev–Trinajstić information content (AvgIpc) is 3.16. The molecule has 0 unspecified atom stereocenters. The van der Waals surface area contributed by atoms with Crippen LogP contribution in [-0.4, -0.2) is 19.7 Å². The van der Waals surface area contributed by atoms with E-state index in [1.807, 2.05) is 12.1 Å². The van der Waals surface area contributed by atoms with E-state index in [2.05, 4.69) is 48.1 Å². The number of carbonyl (C=O) groups is 1. The van der Waals surface area contributed by atoms with E-state index in [9.17, 15) is 4.79 Å². The number of rotatable bonds is 8. The lowest BCUT2D eigenvalue weighted by atomic mass is 9.98. The lowest BCUT2D eigenvalue weighted by molar-refractivity contribution is -0.140. The van der Waals surface area contributed by atoms with Crippen molar-refractivity contribution in [3.8, 4) is 5.75 Å². The van der Waals surface area contributed by atoms with Crippen LogP contribution in [0.4, 0.5) is 0 Å². The number of aryl methyl sites for hydroxylation is 2. The van der Waals surface area contributed by atoms with Crippen LogP contribution in [0.3, 0.4) is 0 Å². The molecule has 0 spiro atoms. The first-order chi connectivity index (χ1) is 13.2. The normalized spacial score (nSPS) is 13.7. The van der Waals surface area contributed by atoms with Crippen LogP contribution >= 0.6 is 0 Å². The number of methoxy groups -OCH3 is 1. The molecule has 0 aliphatic heterocycles. The van der Waals surface area contributed by atoms with Gasteiger partial charge in [0.25, 0.3) is 0 Å². The molecule has 1 aliphatic carbocycles. The number of ether oxygens (including phenoxy) is 2.